The normalized spacial score (nSPS) is 19.7. The predicted octanol–water partition coefficient (Wildman–Crippen LogP) is 2.42. The monoisotopic (exact) mass is 440 g/mol. The number of aliphatic hydroxyl groups excluding tert-OH is 1. The fraction of sp³-hybridized carbons (Fsp3) is 0.304. The average Bonchev–Trinajstić information content (AvgIpc) is 3.04. The zero-order valence-electron chi connectivity index (χ0n) is 17.1. The van der Waals surface area contributed by atoms with Gasteiger partial charge in [0.2, 0.25) is 0 Å². The number of para-hydroxylation sites is 1. The minimum absolute atomic E-state index is 0.0402. The van der Waals surface area contributed by atoms with Crippen molar-refractivity contribution in [3.05, 3.63) is 70.9 Å². The molecule has 8 heteroatoms. The van der Waals surface area contributed by atoms with Crippen LogP contribution >= 0.6 is 11.6 Å². The Hall–Kier alpha value is -2.87. The molecule has 0 radical (unpaired) electrons. The molecule has 2 saturated heterocycles. The molecule has 0 spiro atoms. The molecule has 2 aliphatic heterocycles. The van der Waals surface area contributed by atoms with Crippen LogP contribution in [0.25, 0.3) is 6.08 Å². The van der Waals surface area contributed by atoms with Gasteiger partial charge in [0.25, 0.3) is 5.91 Å². The van der Waals surface area contributed by atoms with Crippen LogP contribution in [0.1, 0.15) is 5.56 Å². The standard InChI is InChI=1S/C23H25ClN4O3/c24-18-8-6-17(7-9-18)14-21-22(30)28(23(31)25-21)16-20(29)15-26-10-12-27(13-11-26)19-4-2-1-3-5-19/h1-9,14,20,29H,10-13,15-16H2,(H,25,31)/b21-14-. The van der Waals surface area contributed by atoms with E-state index in [0.717, 1.165) is 36.6 Å². The number of hydrogen-bond acceptors (Lipinski definition) is 5. The minimum atomic E-state index is -0.812. The summed E-state index contributed by atoms with van der Waals surface area (Å²) in [7, 11) is 0. The van der Waals surface area contributed by atoms with Crippen LogP contribution in [0.4, 0.5) is 10.5 Å². The Morgan fingerprint density at radius 1 is 0.968 bits per heavy atom. The maximum Gasteiger partial charge on any atom is 0.329 e. The van der Waals surface area contributed by atoms with E-state index in [9.17, 15) is 14.7 Å². The van der Waals surface area contributed by atoms with Crippen molar-refractivity contribution in [1.82, 2.24) is 15.1 Å². The molecule has 2 aromatic carbocycles. The fourth-order valence-corrected chi connectivity index (χ4v) is 3.98. The van der Waals surface area contributed by atoms with E-state index >= 15 is 0 Å². The smallest absolute Gasteiger partial charge is 0.329 e. The Morgan fingerprint density at radius 3 is 2.32 bits per heavy atom. The van der Waals surface area contributed by atoms with Crippen molar-refractivity contribution in [1.29, 1.82) is 0 Å². The Morgan fingerprint density at radius 2 is 1.65 bits per heavy atom. The van der Waals surface area contributed by atoms with Gasteiger partial charge in [-0.1, -0.05) is 41.9 Å². The lowest BCUT2D eigenvalue weighted by Crippen LogP contribution is -2.50. The van der Waals surface area contributed by atoms with Crippen molar-refractivity contribution in [2.75, 3.05) is 44.2 Å². The number of halogens is 1. The van der Waals surface area contributed by atoms with Crippen molar-refractivity contribution in [2.24, 2.45) is 0 Å². The second-order valence-corrected chi connectivity index (χ2v) is 8.17. The van der Waals surface area contributed by atoms with Crippen LogP contribution in [-0.2, 0) is 4.79 Å². The molecule has 2 aliphatic rings. The summed E-state index contributed by atoms with van der Waals surface area (Å²) in [6, 6.07) is 16.7. The maximum atomic E-state index is 12.6. The topological polar surface area (TPSA) is 76.1 Å². The molecule has 2 heterocycles. The van der Waals surface area contributed by atoms with Gasteiger partial charge in [-0.25, -0.2) is 4.79 Å². The van der Waals surface area contributed by atoms with Crippen LogP contribution in [0.2, 0.25) is 5.02 Å². The molecule has 4 rings (SSSR count). The van der Waals surface area contributed by atoms with Gasteiger partial charge in [0, 0.05) is 43.4 Å². The van der Waals surface area contributed by atoms with Gasteiger partial charge in [0.15, 0.2) is 0 Å². The van der Waals surface area contributed by atoms with E-state index in [-0.39, 0.29) is 12.2 Å². The Bertz CT molecular complexity index is 957. The molecule has 162 valence electrons. The molecule has 1 unspecified atom stereocenters. The summed E-state index contributed by atoms with van der Waals surface area (Å²) >= 11 is 5.88. The number of carbonyl (C=O) groups is 2. The van der Waals surface area contributed by atoms with Gasteiger partial charge in [0.1, 0.15) is 5.70 Å². The first-order chi connectivity index (χ1) is 15.0. The molecule has 0 aliphatic carbocycles. The number of anilines is 1. The summed E-state index contributed by atoms with van der Waals surface area (Å²) in [6.45, 7) is 3.74. The van der Waals surface area contributed by atoms with Crippen LogP contribution in [0, 0.1) is 0 Å². The van der Waals surface area contributed by atoms with Gasteiger partial charge in [0.05, 0.1) is 12.6 Å². The predicted molar refractivity (Wildman–Crippen MR) is 121 cm³/mol. The molecule has 31 heavy (non-hydrogen) atoms. The summed E-state index contributed by atoms with van der Waals surface area (Å²) in [6.07, 6.45) is 0.791. The Balaban J connectivity index is 1.29. The number of benzene rings is 2. The van der Waals surface area contributed by atoms with E-state index < -0.39 is 18.0 Å². The fourth-order valence-electron chi connectivity index (χ4n) is 3.86. The zero-order valence-corrected chi connectivity index (χ0v) is 17.8. The van der Waals surface area contributed by atoms with Crippen molar-refractivity contribution in [3.8, 4) is 0 Å². The second-order valence-electron chi connectivity index (χ2n) is 7.73. The summed E-state index contributed by atoms with van der Waals surface area (Å²) < 4.78 is 0. The molecule has 0 saturated carbocycles. The summed E-state index contributed by atoms with van der Waals surface area (Å²) in [5.41, 5.74) is 2.14. The number of urea groups is 1. The first-order valence-corrected chi connectivity index (χ1v) is 10.7. The molecule has 2 aromatic rings. The molecule has 0 aromatic heterocycles. The molecule has 1 atom stereocenters. The zero-order chi connectivity index (χ0) is 21.8. The largest absolute Gasteiger partial charge is 0.390 e. The summed E-state index contributed by atoms with van der Waals surface area (Å²) in [4.78, 5) is 30.4. The van der Waals surface area contributed by atoms with Gasteiger partial charge >= 0.3 is 6.03 Å². The van der Waals surface area contributed by atoms with Gasteiger partial charge in [-0.3, -0.25) is 14.6 Å². The summed E-state index contributed by atoms with van der Waals surface area (Å²) in [5, 5.41) is 13.7. The number of imide groups is 1. The van der Waals surface area contributed by atoms with E-state index in [1.165, 1.54) is 5.69 Å². The lowest BCUT2D eigenvalue weighted by atomic mass is 10.2. The molecular weight excluding hydrogens is 416 g/mol. The van der Waals surface area contributed by atoms with Crippen LogP contribution in [0.15, 0.2) is 60.3 Å². The Labute approximate surface area is 186 Å². The number of aliphatic hydroxyl groups is 1. The highest BCUT2D eigenvalue weighted by molar-refractivity contribution is 6.30. The number of rotatable bonds is 6. The number of hydrogen-bond donors (Lipinski definition) is 2. The van der Waals surface area contributed by atoms with Crippen LogP contribution in [0.5, 0.6) is 0 Å². The van der Waals surface area contributed by atoms with E-state index in [0.29, 0.717) is 11.6 Å². The average molecular weight is 441 g/mol. The van der Waals surface area contributed by atoms with Crippen LogP contribution in [0.3, 0.4) is 0 Å². The quantitative estimate of drug-likeness (QED) is 0.533. The SMILES string of the molecule is O=C1N/C(=C\c2ccc(Cl)cc2)C(=O)N1CC(O)CN1CCN(c2ccccc2)CC1. The van der Waals surface area contributed by atoms with Gasteiger partial charge in [-0.15, -0.1) is 0 Å². The number of piperazine rings is 1. The van der Waals surface area contributed by atoms with E-state index in [1.54, 1.807) is 30.3 Å². The minimum Gasteiger partial charge on any atom is -0.390 e. The maximum absolute atomic E-state index is 12.6. The molecule has 0 bridgehead atoms. The number of β-amino-alcohol motifs (C(OH)–C–C–N with tert-alkyl or cyclic N) is 1. The molecule has 2 N–H and O–H groups in total. The third-order valence-corrected chi connectivity index (χ3v) is 5.75. The molecule has 7 nitrogen and oxygen atoms in total. The van der Waals surface area contributed by atoms with Crippen molar-refractivity contribution >= 4 is 35.3 Å². The van der Waals surface area contributed by atoms with Crippen LogP contribution in [-0.4, -0.2) is 72.2 Å². The molecular formula is C23H25ClN4O3. The van der Waals surface area contributed by atoms with Gasteiger partial charge in [-0.05, 0) is 35.9 Å². The third kappa shape index (κ3) is 5.25. The van der Waals surface area contributed by atoms with Gasteiger partial charge in [-0.2, -0.15) is 0 Å². The highest BCUT2D eigenvalue weighted by Crippen LogP contribution is 2.18. The molecule has 2 fully saturated rings. The van der Waals surface area contributed by atoms with E-state index in [2.05, 4.69) is 27.2 Å². The number of amides is 3. The highest BCUT2D eigenvalue weighted by atomic mass is 35.5. The summed E-state index contributed by atoms with van der Waals surface area (Å²) in [5.74, 6) is -0.437. The number of nitrogens with zero attached hydrogens (tertiary/aromatic N) is 3. The second kappa shape index (κ2) is 9.51. The van der Waals surface area contributed by atoms with Crippen molar-refractivity contribution in [2.45, 2.75) is 6.10 Å². The van der Waals surface area contributed by atoms with Crippen molar-refractivity contribution < 1.29 is 14.7 Å². The van der Waals surface area contributed by atoms with Crippen LogP contribution < -0.4 is 10.2 Å². The van der Waals surface area contributed by atoms with Crippen molar-refractivity contribution in [3.63, 3.8) is 0 Å². The highest BCUT2D eigenvalue weighted by Gasteiger charge is 2.35. The number of nitrogens with one attached hydrogen (secondary N) is 1. The molecule has 3 amide bonds. The van der Waals surface area contributed by atoms with Gasteiger partial charge < -0.3 is 15.3 Å². The first-order valence-electron chi connectivity index (χ1n) is 10.3. The Kier molecular flexibility index (Phi) is 6.56. The van der Waals surface area contributed by atoms with E-state index in [1.807, 2.05) is 18.2 Å². The number of carbonyl (C=O) groups excluding carboxylic acids is 2. The third-order valence-electron chi connectivity index (χ3n) is 5.50. The first kappa shape index (κ1) is 21.4. The lowest BCUT2D eigenvalue weighted by molar-refractivity contribution is -0.124. The lowest BCUT2D eigenvalue weighted by Gasteiger charge is -2.37. The van der Waals surface area contributed by atoms with E-state index in [4.69, 9.17) is 11.6 Å².